The molecule has 0 aliphatic heterocycles. The molecule has 0 saturated heterocycles. The first kappa shape index (κ1) is 21.0. The average molecular weight is 383 g/mol. The van der Waals surface area contributed by atoms with Gasteiger partial charge in [0.15, 0.2) is 0 Å². The predicted octanol–water partition coefficient (Wildman–Crippen LogP) is 2.68. The molecule has 2 N–H and O–H groups in total. The van der Waals surface area contributed by atoms with Gasteiger partial charge < -0.3 is 20.3 Å². The van der Waals surface area contributed by atoms with Crippen LogP contribution in [0.15, 0.2) is 48.5 Å². The second kappa shape index (κ2) is 10.1. The van der Waals surface area contributed by atoms with E-state index in [0.29, 0.717) is 24.3 Å². The Balaban J connectivity index is 1.92. The summed E-state index contributed by atoms with van der Waals surface area (Å²) in [5, 5.41) is 5.41. The minimum atomic E-state index is -0.301. The summed E-state index contributed by atoms with van der Waals surface area (Å²) < 4.78 is 5.13. The van der Waals surface area contributed by atoms with Gasteiger partial charge in [0.25, 0.3) is 0 Å². The molecule has 2 rings (SSSR count). The van der Waals surface area contributed by atoms with E-state index in [1.165, 1.54) is 18.7 Å². The average Bonchev–Trinajstić information content (AvgIpc) is 2.65. The van der Waals surface area contributed by atoms with Crippen LogP contribution in [-0.4, -0.2) is 42.8 Å². The third kappa shape index (κ3) is 6.75. The maximum atomic E-state index is 12.3. The quantitative estimate of drug-likeness (QED) is 0.734. The lowest BCUT2D eigenvalue weighted by Crippen LogP contribution is -2.38. The molecule has 0 heterocycles. The van der Waals surface area contributed by atoms with Crippen LogP contribution in [-0.2, 0) is 20.8 Å². The Morgan fingerprint density at radius 2 is 1.61 bits per heavy atom. The van der Waals surface area contributed by atoms with Crippen LogP contribution in [0.25, 0.3) is 0 Å². The van der Waals surface area contributed by atoms with E-state index in [1.54, 1.807) is 31.4 Å². The van der Waals surface area contributed by atoms with Crippen molar-refractivity contribution in [1.29, 1.82) is 0 Å². The lowest BCUT2D eigenvalue weighted by atomic mass is 10.1. The minimum Gasteiger partial charge on any atom is -0.497 e. The number of hydrogen-bond donors (Lipinski definition) is 2. The summed E-state index contributed by atoms with van der Waals surface area (Å²) in [5.41, 5.74) is 2.19. The van der Waals surface area contributed by atoms with Crippen molar-refractivity contribution in [3.8, 4) is 5.75 Å². The molecule has 0 saturated carbocycles. The van der Waals surface area contributed by atoms with E-state index in [9.17, 15) is 14.4 Å². The fourth-order valence-corrected chi connectivity index (χ4v) is 2.66. The first-order valence-electron chi connectivity index (χ1n) is 8.93. The van der Waals surface area contributed by atoms with Crippen molar-refractivity contribution < 1.29 is 19.1 Å². The predicted molar refractivity (Wildman–Crippen MR) is 108 cm³/mol. The molecule has 0 radical (unpaired) electrons. The summed E-state index contributed by atoms with van der Waals surface area (Å²) >= 11 is 0. The van der Waals surface area contributed by atoms with E-state index < -0.39 is 0 Å². The number of amides is 3. The standard InChI is InChI=1S/C21H25N3O4/c1-15(25)22-18-5-4-6-19(13-18)23-21(27)14-24(16(2)26)12-11-17-7-9-20(28-3)10-8-17/h4-10,13H,11-12,14H2,1-3H3,(H,22,25)(H,23,27). The monoisotopic (exact) mass is 383 g/mol. The number of ether oxygens (including phenoxy) is 1. The van der Waals surface area contributed by atoms with Crippen molar-refractivity contribution in [2.24, 2.45) is 0 Å². The van der Waals surface area contributed by atoms with E-state index in [2.05, 4.69) is 10.6 Å². The van der Waals surface area contributed by atoms with Crippen molar-refractivity contribution in [3.63, 3.8) is 0 Å². The summed E-state index contributed by atoms with van der Waals surface area (Å²) in [7, 11) is 1.61. The number of carbonyl (C=O) groups excluding carboxylic acids is 3. The Labute approximate surface area is 164 Å². The number of nitrogens with zero attached hydrogens (tertiary/aromatic N) is 1. The van der Waals surface area contributed by atoms with E-state index in [0.717, 1.165) is 11.3 Å². The zero-order valence-electron chi connectivity index (χ0n) is 16.3. The van der Waals surface area contributed by atoms with Gasteiger partial charge in [-0.05, 0) is 42.3 Å². The Hall–Kier alpha value is -3.35. The summed E-state index contributed by atoms with van der Waals surface area (Å²) in [4.78, 5) is 36.9. The summed E-state index contributed by atoms with van der Waals surface area (Å²) in [6.07, 6.45) is 0.634. The zero-order valence-corrected chi connectivity index (χ0v) is 16.3. The Kier molecular flexibility index (Phi) is 7.56. The number of methoxy groups -OCH3 is 1. The molecule has 0 aromatic heterocycles. The third-order valence-corrected chi connectivity index (χ3v) is 4.08. The lowest BCUT2D eigenvalue weighted by molar-refractivity contribution is -0.132. The van der Waals surface area contributed by atoms with Crippen LogP contribution in [0.2, 0.25) is 0 Å². The highest BCUT2D eigenvalue weighted by Gasteiger charge is 2.14. The fourth-order valence-electron chi connectivity index (χ4n) is 2.66. The van der Waals surface area contributed by atoms with Crippen LogP contribution < -0.4 is 15.4 Å². The maximum absolute atomic E-state index is 12.3. The summed E-state index contributed by atoms with van der Waals surface area (Å²) in [5.74, 6) is 0.110. The molecule has 28 heavy (non-hydrogen) atoms. The van der Waals surface area contributed by atoms with Crippen LogP contribution in [0.5, 0.6) is 5.75 Å². The minimum absolute atomic E-state index is 0.0458. The zero-order chi connectivity index (χ0) is 20.5. The molecule has 3 amide bonds. The van der Waals surface area contributed by atoms with Crippen molar-refractivity contribution in [2.45, 2.75) is 20.3 Å². The molecule has 0 spiro atoms. The van der Waals surface area contributed by atoms with Crippen molar-refractivity contribution in [3.05, 3.63) is 54.1 Å². The molecular weight excluding hydrogens is 358 g/mol. The van der Waals surface area contributed by atoms with Crippen LogP contribution in [0.3, 0.4) is 0 Å². The molecule has 0 fully saturated rings. The molecule has 0 aliphatic carbocycles. The van der Waals surface area contributed by atoms with Gasteiger partial charge in [0.05, 0.1) is 13.7 Å². The second-order valence-corrected chi connectivity index (χ2v) is 6.35. The lowest BCUT2D eigenvalue weighted by Gasteiger charge is -2.20. The van der Waals surface area contributed by atoms with Gasteiger partial charge in [-0.1, -0.05) is 18.2 Å². The smallest absolute Gasteiger partial charge is 0.243 e. The first-order chi connectivity index (χ1) is 13.4. The number of carbonyl (C=O) groups is 3. The van der Waals surface area contributed by atoms with Crippen molar-refractivity contribution in [2.75, 3.05) is 30.8 Å². The highest BCUT2D eigenvalue weighted by Crippen LogP contribution is 2.15. The maximum Gasteiger partial charge on any atom is 0.243 e. The van der Waals surface area contributed by atoms with Gasteiger partial charge in [-0.15, -0.1) is 0 Å². The largest absolute Gasteiger partial charge is 0.497 e. The van der Waals surface area contributed by atoms with Gasteiger partial charge in [-0.3, -0.25) is 14.4 Å². The van der Waals surface area contributed by atoms with Gasteiger partial charge in [0.1, 0.15) is 5.75 Å². The van der Waals surface area contributed by atoms with Crippen LogP contribution in [0, 0.1) is 0 Å². The molecule has 7 nitrogen and oxygen atoms in total. The van der Waals surface area contributed by atoms with Crippen molar-refractivity contribution >= 4 is 29.1 Å². The highest BCUT2D eigenvalue weighted by atomic mass is 16.5. The van der Waals surface area contributed by atoms with Crippen LogP contribution in [0.4, 0.5) is 11.4 Å². The molecule has 2 aromatic rings. The Morgan fingerprint density at radius 3 is 2.18 bits per heavy atom. The first-order valence-corrected chi connectivity index (χ1v) is 8.93. The van der Waals surface area contributed by atoms with E-state index in [4.69, 9.17) is 4.74 Å². The van der Waals surface area contributed by atoms with Crippen molar-refractivity contribution in [1.82, 2.24) is 4.90 Å². The molecule has 148 valence electrons. The van der Waals surface area contributed by atoms with E-state index in [-0.39, 0.29) is 24.3 Å². The normalized spacial score (nSPS) is 10.1. The Bertz CT molecular complexity index is 834. The number of rotatable bonds is 8. The van der Waals surface area contributed by atoms with Gasteiger partial charge in [0, 0.05) is 31.8 Å². The topological polar surface area (TPSA) is 87.7 Å². The molecule has 0 unspecified atom stereocenters. The number of nitrogens with one attached hydrogen (secondary N) is 2. The van der Waals surface area contributed by atoms with Gasteiger partial charge in [0.2, 0.25) is 17.7 Å². The van der Waals surface area contributed by atoms with E-state index in [1.807, 2.05) is 24.3 Å². The summed E-state index contributed by atoms with van der Waals surface area (Å²) in [6, 6.07) is 14.4. The summed E-state index contributed by atoms with van der Waals surface area (Å²) in [6.45, 7) is 3.24. The third-order valence-electron chi connectivity index (χ3n) is 4.08. The number of hydrogen-bond acceptors (Lipinski definition) is 4. The number of anilines is 2. The molecule has 0 atom stereocenters. The van der Waals surface area contributed by atoms with Crippen LogP contribution >= 0.6 is 0 Å². The fraction of sp³-hybridized carbons (Fsp3) is 0.286. The molecular formula is C21H25N3O4. The van der Waals surface area contributed by atoms with Gasteiger partial charge in [-0.2, -0.15) is 0 Å². The van der Waals surface area contributed by atoms with Gasteiger partial charge in [-0.25, -0.2) is 0 Å². The highest BCUT2D eigenvalue weighted by molar-refractivity contribution is 5.95. The second-order valence-electron chi connectivity index (χ2n) is 6.35. The van der Waals surface area contributed by atoms with E-state index >= 15 is 0 Å². The molecule has 7 heteroatoms. The number of benzene rings is 2. The van der Waals surface area contributed by atoms with Gasteiger partial charge >= 0.3 is 0 Å². The Morgan fingerprint density at radius 1 is 0.964 bits per heavy atom. The molecule has 0 aliphatic rings. The molecule has 0 bridgehead atoms. The van der Waals surface area contributed by atoms with Crippen LogP contribution in [0.1, 0.15) is 19.4 Å². The molecule has 2 aromatic carbocycles. The SMILES string of the molecule is COc1ccc(CCN(CC(=O)Nc2cccc(NC(C)=O)c2)C(C)=O)cc1.